The zero-order valence-electron chi connectivity index (χ0n) is 18.4. The molecule has 0 bridgehead atoms. The first-order valence-electron chi connectivity index (χ1n) is 11.4. The molecule has 174 valence electrons. The summed E-state index contributed by atoms with van der Waals surface area (Å²) in [5.74, 6) is 0.249. The predicted molar refractivity (Wildman–Crippen MR) is 121 cm³/mol. The van der Waals surface area contributed by atoms with Gasteiger partial charge in [-0.25, -0.2) is 14.1 Å². The normalized spacial score (nSPS) is 21.0. The van der Waals surface area contributed by atoms with E-state index in [0.717, 1.165) is 36.3 Å². The summed E-state index contributed by atoms with van der Waals surface area (Å²) >= 11 is 0. The SMILES string of the molecule is O=C(O)C=CC(=O)O.c1ccn2nc(OCCCCN3CCC4CCCCC4C3)cc2c1. The Morgan fingerprint density at radius 3 is 2.53 bits per heavy atom. The number of aliphatic carboxylic acids is 2. The van der Waals surface area contributed by atoms with Gasteiger partial charge in [0.05, 0.1) is 12.1 Å². The van der Waals surface area contributed by atoms with Crippen LogP contribution in [0.3, 0.4) is 0 Å². The lowest BCUT2D eigenvalue weighted by molar-refractivity contribution is -0.134. The Bertz CT molecular complexity index is 861. The van der Waals surface area contributed by atoms with E-state index in [4.69, 9.17) is 14.9 Å². The third kappa shape index (κ3) is 7.67. The number of rotatable bonds is 8. The van der Waals surface area contributed by atoms with Crippen LogP contribution in [0.4, 0.5) is 0 Å². The molecular formula is C24H33N3O5. The molecule has 8 heteroatoms. The molecular weight excluding hydrogens is 410 g/mol. The fourth-order valence-electron chi connectivity index (χ4n) is 4.62. The summed E-state index contributed by atoms with van der Waals surface area (Å²) in [5.41, 5.74) is 1.09. The van der Waals surface area contributed by atoms with Gasteiger partial charge in [-0.3, -0.25) is 0 Å². The number of piperidine rings is 1. The van der Waals surface area contributed by atoms with Gasteiger partial charge >= 0.3 is 11.9 Å². The van der Waals surface area contributed by atoms with Gasteiger partial charge in [-0.1, -0.05) is 25.3 Å². The summed E-state index contributed by atoms with van der Waals surface area (Å²) < 4.78 is 7.68. The zero-order chi connectivity index (χ0) is 22.8. The summed E-state index contributed by atoms with van der Waals surface area (Å²) in [6, 6.07) is 8.07. The van der Waals surface area contributed by atoms with Crippen LogP contribution >= 0.6 is 0 Å². The number of likely N-dealkylation sites (tertiary alicyclic amines) is 1. The number of carbonyl (C=O) groups is 2. The van der Waals surface area contributed by atoms with Crippen molar-refractivity contribution in [1.82, 2.24) is 14.5 Å². The molecule has 1 saturated heterocycles. The van der Waals surface area contributed by atoms with Crippen molar-refractivity contribution in [1.29, 1.82) is 0 Å². The first-order valence-corrected chi connectivity index (χ1v) is 11.4. The molecule has 2 atom stereocenters. The van der Waals surface area contributed by atoms with E-state index in [1.807, 2.05) is 28.9 Å². The Kier molecular flexibility index (Phi) is 9.10. The monoisotopic (exact) mass is 443 g/mol. The second kappa shape index (κ2) is 12.2. The maximum absolute atomic E-state index is 9.55. The van der Waals surface area contributed by atoms with Gasteiger partial charge in [0.15, 0.2) is 0 Å². The topological polar surface area (TPSA) is 104 Å². The molecule has 3 heterocycles. The molecule has 8 nitrogen and oxygen atoms in total. The molecule has 2 aromatic heterocycles. The molecule has 4 rings (SSSR count). The van der Waals surface area contributed by atoms with Crippen LogP contribution < -0.4 is 4.74 Å². The summed E-state index contributed by atoms with van der Waals surface area (Å²) in [7, 11) is 0. The van der Waals surface area contributed by atoms with E-state index in [1.54, 1.807) is 0 Å². The molecule has 2 fully saturated rings. The van der Waals surface area contributed by atoms with Crippen LogP contribution in [0.5, 0.6) is 5.88 Å². The van der Waals surface area contributed by atoms with Crippen molar-refractivity contribution in [3.63, 3.8) is 0 Å². The molecule has 2 unspecified atom stereocenters. The smallest absolute Gasteiger partial charge is 0.328 e. The van der Waals surface area contributed by atoms with Gasteiger partial charge in [0, 0.05) is 31.0 Å². The minimum absolute atomic E-state index is 0.558. The van der Waals surface area contributed by atoms with E-state index >= 15 is 0 Å². The van der Waals surface area contributed by atoms with Gasteiger partial charge in [-0.05, 0) is 62.7 Å². The van der Waals surface area contributed by atoms with Crippen LogP contribution in [-0.2, 0) is 9.59 Å². The minimum Gasteiger partial charge on any atom is -0.478 e. The predicted octanol–water partition coefficient (Wildman–Crippen LogP) is 3.72. The molecule has 2 aliphatic rings. The van der Waals surface area contributed by atoms with E-state index < -0.39 is 11.9 Å². The van der Waals surface area contributed by atoms with Crippen molar-refractivity contribution < 1.29 is 24.5 Å². The van der Waals surface area contributed by atoms with Crippen molar-refractivity contribution in [2.24, 2.45) is 11.8 Å². The minimum atomic E-state index is -1.26. The molecule has 1 aliphatic carbocycles. The van der Waals surface area contributed by atoms with E-state index in [1.165, 1.54) is 58.2 Å². The lowest BCUT2D eigenvalue weighted by Crippen LogP contribution is -2.42. The average Bonchev–Trinajstić information content (AvgIpc) is 3.21. The van der Waals surface area contributed by atoms with E-state index in [-0.39, 0.29) is 0 Å². The maximum atomic E-state index is 9.55. The summed E-state index contributed by atoms with van der Waals surface area (Å²) in [4.78, 5) is 21.8. The van der Waals surface area contributed by atoms with Crippen molar-refractivity contribution in [2.45, 2.75) is 44.9 Å². The number of carboxylic acid groups (broad SMARTS) is 2. The number of hydrogen-bond acceptors (Lipinski definition) is 5. The van der Waals surface area contributed by atoms with E-state index in [9.17, 15) is 9.59 Å². The molecule has 1 aliphatic heterocycles. The molecule has 2 N–H and O–H groups in total. The number of pyridine rings is 1. The number of aromatic nitrogens is 2. The van der Waals surface area contributed by atoms with Crippen LogP contribution in [0.1, 0.15) is 44.9 Å². The van der Waals surface area contributed by atoms with Gasteiger partial charge in [0.25, 0.3) is 0 Å². The van der Waals surface area contributed by atoms with Crippen LogP contribution in [0.25, 0.3) is 5.52 Å². The van der Waals surface area contributed by atoms with E-state index in [0.29, 0.717) is 12.2 Å². The number of ether oxygens (including phenoxy) is 1. The molecule has 0 aromatic carbocycles. The molecule has 0 radical (unpaired) electrons. The van der Waals surface area contributed by atoms with Gasteiger partial charge in [0.1, 0.15) is 0 Å². The standard InChI is InChI=1S/C20H29N3O.C4H4O4/c1-2-8-18-16-22(13-10-17(18)7-1)11-5-6-14-24-20-15-19-9-3-4-12-23(19)21-20;5-3(6)1-2-4(7)8/h3-4,9,12,15,17-18H,1-2,5-8,10-11,13-14,16H2;1-2H,(H,5,6)(H,7,8). The first kappa shape index (κ1) is 23.8. The third-order valence-electron chi connectivity index (χ3n) is 6.21. The lowest BCUT2D eigenvalue weighted by Gasteiger charge is -2.41. The van der Waals surface area contributed by atoms with Gasteiger partial charge in [0.2, 0.25) is 5.88 Å². The molecule has 1 saturated carbocycles. The highest BCUT2D eigenvalue weighted by atomic mass is 16.5. The van der Waals surface area contributed by atoms with Crippen molar-refractivity contribution >= 4 is 17.5 Å². The van der Waals surface area contributed by atoms with Crippen molar-refractivity contribution in [3.8, 4) is 5.88 Å². The highest BCUT2D eigenvalue weighted by Crippen LogP contribution is 2.36. The Labute approximate surface area is 188 Å². The van der Waals surface area contributed by atoms with Crippen molar-refractivity contribution in [3.05, 3.63) is 42.6 Å². The number of hydrogen-bond donors (Lipinski definition) is 2. The van der Waals surface area contributed by atoms with Crippen LogP contribution in [0.15, 0.2) is 42.6 Å². The first-order chi connectivity index (χ1) is 15.5. The highest BCUT2D eigenvalue weighted by molar-refractivity contribution is 5.89. The van der Waals surface area contributed by atoms with Crippen LogP contribution in [0, 0.1) is 11.8 Å². The maximum Gasteiger partial charge on any atom is 0.328 e. The second-order valence-corrected chi connectivity index (χ2v) is 8.51. The number of nitrogens with zero attached hydrogens (tertiary/aromatic N) is 3. The fraction of sp³-hybridized carbons (Fsp3) is 0.542. The van der Waals surface area contributed by atoms with Crippen LogP contribution in [0.2, 0.25) is 0 Å². The van der Waals surface area contributed by atoms with Crippen molar-refractivity contribution in [2.75, 3.05) is 26.2 Å². The second-order valence-electron chi connectivity index (χ2n) is 8.51. The number of fused-ring (bicyclic) bond motifs is 2. The molecule has 0 spiro atoms. The largest absolute Gasteiger partial charge is 0.478 e. The number of carboxylic acids is 2. The van der Waals surface area contributed by atoms with Crippen LogP contribution in [-0.4, -0.2) is 62.9 Å². The Morgan fingerprint density at radius 1 is 1.06 bits per heavy atom. The van der Waals surface area contributed by atoms with E-state index in [2.05, 4.69) is 16.1 Å². The summed E-state index contributed by atoms with van der Waals surface area (Å²) in [6.45, 7) is 4.66. The Morgan fingerprint density at radius 2 is 1.81 bits per heavy atom. The van der Waals surface area contributed by atoms with Gasteiger partial charge in [-0.2, -0.15) is 0 Å². The number of unbranched alkanes of at least 4 members (excludes halogenated alkanes) is 1. The lowest BCUT2D eigenvalue weighted by atomic mass is 9.75. The summed E-state index contributed by atoms with van der Waals surface area (Å²) in [5, 5.41) is 20.1. The Hall–Kier alpha value is -2.87. The Balaban J connectivity index is 0.000000312. The van der Waals surface area contributed by atoms with Gasteiger partial charge in [-0.15, -0.1) is 5.10 Å². The third-order valence-corrected chi connectivity index (χ3v) is 6.21. The summed E-state index contributed by atoms with van der Waals surface area (Å²) in [6.07, 6.45) is 12.7. The fourth-order valence-corrected chi connectivity index (χ4v) is 4.62. The highest BCUT2D eigenvalue weighted by Gasteiger charge is 2.30. The molecule has 2 aromatic rings. The quantitative estimate of drug-likeness (QED) is 0.473. The van der Waals surface area contributed by atoms with Gasteiger partial charge < -0.3 is 19.8 Å². The average molecular weight is 444 g/mol. The zero-order valence-corrected chi connectivity index (χ0v) is 18.4. The molecule has 32 heavy (non-hydrogen) atoms. The molecule has 0 amide bonds.